The summed E-state index contributed by atoms with van der Waals surface area (Å²) < 4.78 is 5.72. The van der Waals surface area contributed by atoms with Crippen LogP contribution in [-0.4, -0.2) is 39.5 Å². The number of benzene rings is 1. The second-order valence-corrected chi connectivity index (χ2v) is 6.03. The maximum absolute atomic E-state index is 12.7. The Hall–Kier alpha value is -2.89. The van der Waals surface area contributed by atoms with Crippen LogP contribution in [0.25, 0.3) is 0 Å². The Labute approximate surface area is 146 Å². The van der Waals surface area contributed by atoms with Gasteiger partial charge in [-0.25, -0.2) is 4.79 Å². The molecule has 1 aliphatic heterocycles. The molecule has 1 saturated heterocycles. The van der Waals surface area contributed by atoms with Crippen LogP contribution in [0.2, 0.25) is 0 Å². The fourth-order valence-electron chi connectivity index (χ4n) is 2.97. The summed E-state index contributed by atoms with van der Waals surface area (Å²) in [6.07, 6.45) is 5.57. The van der Waals surface area contributed by atoms with Crippen molar-refractivity contribution in [3.8, 4) is 5.75 Å². The smallest absolute Gasteiger partial charge is 0.326 e. The van der Waals surface area contributed by atoms with E-state index in [1.54, 1.807) is 36.7 Å². The lowest BCUT2D eigenvalue weighted by molar-refractivity contribution is -0.143. The number of hydrogen-bond acceptors (Lipinski definition) is 4. The van der Waals surface area contributed by atoms with Crippen LogP contribution < -0.4 is 4.74 Å². The molecule has 0 saturated carbocycles. The second kappa shape index (κ2) is 7.79. The number of pyridine rings is 1. The van der Waals surface area contributed by atoms with E-state index in [2.05, 4.69) is 4.98 Å². The van der Waals surface area contributed by atoms with Crippen molar-refractivity contribution in [2.45, 2.75) is 31.9 Å². The highest BCUT2D eigenvalue weighted by Crippen LogP contribution is 2.22. The maximum Gasteiger partial charge on any atom is 0.326 e. The van der Waals surface area contributed by atoms with E-state index in [0.717, 1.165) is 18.4 Å². The van der Waals surface area contributed by atoms with Crippen LogP contribution in [0.5, 0.6) is 5.75 Å². The predicted octanol–water partition coefficient (Wildman–Crippen LogP) is 2.74. The molecule has 1 fully saturated rings. The van der Waals surface area contributed by atoms with E-state index in [9.17, 15) is 14.7 Å². The molecule has 1 N–H and O–H groups in total. The predicted molar refractivity (Wildman–Crippen MR) is 91.3 cm³/mol. The Balaban J connectivity index is 1.71. The average molecular weight is 340 g/mol. The van der Waals surface area contributed by atoms with Crippen molar-refractivity contribution in [2.24, 2.45) is 0 Å². The minimum Gasteiger partial charge on any atom is -0.489 e. The zero-order valence-electron chi connectivity index (χ0n) is 13.8. The molecule has 1 unspecified atom stereocenters. The largest absolute Gasteiger partial charge is 0.489 e. The lowest BCUT2D eigenvalue weighted by Gasteiger charge is -2.33. The van der Waals surface area contributed by atoms with Crippen LogP contribution in [0.1, 0.15) is 35.2 Å². The van der Waals surface area contributed by atoms with Crippen LogP contribution in [0.15, 0.2) is 48.8 Å². The van der Waals surface area contributed by atoms with Gasteiger partial charge in [-0.15, -0.1) is 0 Å². The van der Waals surface area contributed by atoms with E-state index >= 15 is 0 Å². The summed E-state index contributed by atoms with van der Waals surface area (Å²) in [5.74, 6) is -0.644. The minimum absolute atomic E-state index is 0.265. The maximum atomic E-state index is 12.7. The number of carboxylic acid groups (broad SMARTS) is 1. The number of amides is 1. The third-order valence-corrected chi connectivity index (χ3v) is 4.26. The molecule has 6 heteroatoms. The number of likely N-dealkylation sites (tertiary alicyclic amines) is 1. The van der Waals surface area contributed by atoms with E-state index in [1.165, 1.54) is 4.90 Å². The van der Waals surface area contributed by atoms with Gasteiger partial charge in [0.1, 0.15) is 18.4 Å². The molecular weight excluding hydrogens is 320 g/mol. The number of carbonyl (C=O) groups excluding carboxylic acids is 1. The zero-order valence-corrected chi connectivity index (χ0v) is 13.8. The Morgan fingerprint density at radius 1 is 1.24 bits per heavy atom. The summed E-state index contributed by atoms with van der Waals surface area (Å²) in [6, 6.07) is 9.86. The Kier molecular flexibility index (Phi) is 5.28. The molecule has 0 aliphatic carbocycles. The second-order valence-electron chi connectivity index (χ2n) is 6.03. The molecule has 2 heterocycles. The molecule has 6 nitrogen and oxygen atoms in total. The van der Waals surface area contributed by atoms with Crippen molar-refractivity contribution in [1.29, 1.82) is 0 Å². The molecule has 3 rings (SSSR count). The first kappa shape index (κ1) is 17.0. The molecule has 1 aromatic carbocycles. The molecular formula is C19H20N2O4. The van der Waals surface area contributed by atoms with Crippen molar-refractivity contribution < 1.29 is 19.4 Å². The molecule has 1 amide bonds. The molecule has 0 radical (unpaired) electrons. The SMILES string of the molecule is O=C(O)C1CCCCN1C(=O)c1cccc(OCc2cccnc2)c1. The first-order valence-electron chi connectivity index (χ1n) is 8.30. The summed E-state index contributed by atoms with van der Waals surface area (Å²) in [5.41, 5.74) is 1.37. The first-order valence-corrected chi connectivity index (χ1v) is 8.30. The summed E-state index contributed by atoms with van der Waals surface area (Å²) in [6.45, 7) is 0.823. The van der Waals surface area contributed by atoms with E-state index in [1.807, 2.05) is 12.1 Å². The number of carbonyl (C=O) groups is 2. The summed E-state index contributed by atoms with van der Waals surface area (Å²) in [5, 5.41) is 9.34. The Morgan fingerprint density at radius 3 is 2.88 bits per heavy atom. The van der Waals surface area contributed by atoms with Gasteiger partial charge in [-0.3, -0.25) is 9.78 Å². The van der Waals surface area contributed by atoms with Crippen LogP contribution in [0.3, 0.4) is 0 Å². The lowest BCUT2D eigenvalue weighted by atomic mass is 10.0. The van der Waals surface area contributed by atoms with E-state index in [4.69, 9.17) is 4.74 Å². The first-order chi connectivity index (χ1) is 12.1. The lowest BCUT2D eigenvalue weighted by Crippen LogP contribution is -2.47. The minimum atomic E-state index is -0.947. The van der Waals surface area contributed by atoms with Crippen molar-refractivity contribution in [2.75, 3.05) is 6.54 Å². The monoisotopic (exact) mass is 340 g/mol. The number of hydrogen-bond donors (Lipinski definition) is 1. The summed E-state index contributed by atoms with van der Waals surface area (Å²) in [7, 11) is 0. The van der Waals surface area contributed by atoms with Gasteiger partial charge in [-0.05, 0) is 43.5 Å². The number of rotatable bonds is 5. The molecule has 25 heavy (non-hydrogen) atoms. The standard InChI is InChI=1S/C19H20N2O4/c22-18(21-10-2-1-8-17(21)19(23)24)15-6-3-7-16(11-15)25-13-14-5-4-9-20-12-14/h3-7,9,11-12,17H,1-2,8,10,13H2,(H,23,24). The summed E-state index contributed by atoms with van der Waals surface area (Å²) >= 11 is 0. The Morgan fingerprint density at radius 2 is 2.12 bits per heavy atom. The number of aliphatic carboxylic acids is 1. The van der Waals surface area contributed by atoms with Gasteiger partial charge >= 0.3 is 5.97 Å². The topological polar surface area (TPSA) is 79.7 Å². The van der Waals surface area contributed by atoms with E-state index in [-0.39, 0.29) is 5.91 Å². The van der Waals surface area contributed by atoms with E-state index < -0.39 is 12.0 Å². The van der Waals surface area contributed by atoms with Crippen molar-refractivity contribution in [3.05, 3.63) is 59.9 Å². The summed E-state index contributed by atoms with van der Waals surface area (Å²) in [4.78, 5) is 29.6. The molecule has 1 atom stereocenters. The number of nitrogens with zero attached hydrogens (tertiary/aromatic N) is 2. The fraction of sp³-hybridized carbons (Fsp3) is 0.316. The molecule has 2 aromatic rings. The van der Waals surface area contributed by atoms with Crippen LogP contribution in [-0.2, 0) is 11.4 Å². The number of piperidine rings is 1. The quantitative estimate of drug-likeness (QED) is 0.905. The van der Waals surface area contributed by atoms with Gasteiger partial charge in [0.05, 0.1) is 0 Å². The van der Waals surface area contributed by atoms with Crippen molar-refractivity contribution in [1.82, 2.24) is 9.88 Å². The molecule has 130 valence electrons. The third-order valence-electron chi connectivity index (χ3n) is 4.26. The third kappa shape index (κ3) is 4.15. The fourth-order valence-corrected chi connectivity index (χ4v) is 2.97. The average Bonchev–Trinajstić information content (AvgIpc) is 2.67. The normalized spacial score (nSPS) is 17.1. The molecule has 1 aliphatic rings. The van der Waals surface area contributed by atoms with Gasteiger partial charge < -0.3 is 14.7 Å². The zero-order chi connectivity index (χ0) is 17.6. The van der Waals surface area contributed by atoms with Gasteiger partial charge in [-0.1, -0.05) is 12.1 Å². The van der Waals surface area contributed by atoms with Crippen LogP contribution in [0, 0.1) is 0 Å². The number of aromatic nitrogens is 1. The highest BCUT2D eigenvalue weighted by Gasteiger charge is 2.32. The van der Waals surface area contributed by atoms with Gasteiger partial charge in [0.2, 0.25) is 0 Å². The van der Waals surface area contributed by atoms with Gasteiger partial charge in [0, 0.05) is 30.1 Å². The van der Waals surface area contributed by atoms with Gasteiger partial charge in [0.15, 0.2) is 0 Å². The van der Waals surface area contributed by atoms with Crippen molar-refractivity contribution in [3.63, 3.8) is 0 Å². The highest BCUT2D eigenvalue weighted by atomic mass is 16.5. The van der Waals surface area contributed by atoms with E-state index in [0.29, 0.717) is 30.9 Å². The molecule has 1 aromatic heterocycles. The molecule has 0 bridgehead atoms. The number of carboxylic acids is 1. The van der Waals surface area contributed by atoms with Crippen LogP contribution >= 0.6 is 0 Å². The van der Waals surface area contributed by atoms with Crippen molar-refractivity contribution >= 4 is 11.9 Å². The molecule has 0 spiro atoms. The number of ether oxygens (including phenoxy) is 1. The van der Waals surface area contributed by atoms with Gasteiger partial charge in [-0.2, -0.15) is 0 Å². The van der Waals surface area contributed by atoms with Gasteiger partial charge in [0.25, 0.3) is 5.91 Å². The van der Waals surface area contributed by atoms with Crippen LogP contribution in [0.4, 0.5) is 0 Å². The highest BCUT2D eigenvalue weighted by molar-refractivity contribution is 5.97. The Bertz CT molecular complexity index is 748.